The van der Waals surface area contributed by atoms with Crippen molar-refractivity contribution < 1.29 is 0 Å². The van der Waals surface area contributed by atoms with Crippen molar-refractivity contribution in [3.8, 4) is 11.4 Å². The Kier molecular flexibility index (Phi) is 2.08. The Morgan fingerprint density at radius 1 is 1.18 bits per heavy atom. The second kappa shape index (κ2) is 3.59. The van der Waals surface area contributed by atoms with Gasteiger partial charge in [0.15, 0.2) is 0 Å². The lowest BCUT2D eigenvalue weighted by Crippen LogP contribution is -1.97. The van der Waals surface area contributed by atoms with Gasteiger partial charge in [0.1, 0.15) is 5.82 Å². The zero-order valence-electron chi connectivity index (χ0n) is 9.46. The fourth-order valence-corrected chi connectivity index (χ4v) is 2.00. The Bertz CT molecular complexity index is 685. The summed E-state index contributed by atoms with van der Waals surface area (Å²) in [7, 11) is 1.99. The summed E-state index contributed by atoms with van der Waals surface area (Å²) in [6, 6.07) is 9.91. The van der Waals surface area contributed by atoms with E-state index in [4.69, 9.17) is 5.73 Å². The molecule has 0 amide bonds. The van der Waals surface area contributed by atoms with Crippen LogP contribution in [0.2, 0.25) is 0 Å². The van der Waals surface area contributed by atoms with Crippen molar-refractivity contribution >= 4 is 16.7 Å². The maximum absolute atomic E-state index is 5.93. The number of nitrogens with two attached hydrogens (primary N) is 1. The van der Waals surface area contributed by atoms with Crippen LogP contribution in [0.4, 0.5) is 5.69 Å². The van der Waals surface area contributed by atoms with Gasteiger partial charge in [-0.1, -0.05) is 12.1 Å². The number of pyridine rings is 1. The summed E-state index contributed by atoms with van der Waals surface area (Å²) in [6.45, 7) is 0. The summed E-state index contributed by atoms with van der Waals surface area (Å²) in [6.07, 6.45) is 3.37. The highest BCUT2D eigenvalue weighted by Crippen LogP contribution is 2.26. The van der Waals surface area contributed by atoms with E-state index in [1.807, 2.05) is 41.9 Å². The lowest BCUT2D eigenvalue weighted by Gasteiger charge is -2.04. The Morgan fingerprint density at radius 2 is 2.00 bits per heavy atom. The van der Waals surface area contributed by atoms with E-state index >= 15 is 0 Å². The molecule has 3 rings (SSSR count). The number of fused-ring (bicyclic) bond motifs is 1. The average Bonchev–Trinajstić information content (AvgIpc) is 2.68. The van der Waals surface area contributed by atoms with Crippen molar-refractivity contribution in [1.29, 1.82) is 0 Å². The first-order chi connectivity index (χ1) is 8.27. The van der Waals surface area contributed by atoms with Gasteiger partial charge in [-0.2, -0.15) is 0 Å². The molecule has 2 aromatic heterocycles. The molecule has 0 saturated carbocycles. The minimum absolute atomic E-state index is 0.644. The molecular weight excluding hydrogens is 212 g/mol. The number of benzene rings is 1. The van der Waals surface area contributed by atoms with Crippen molar-refractivity contribution in [3.63, 3.8) is 0 Å². The Balaban J connectivity index is 2.32. The molecule has 17 heavy (non-hydrogen) atoms. The van der Waals surface area contributed by atoms with Crippen molar-refractivity contribution in [2.24, 2.45) is 7.05 Å². The van der Waals surface area contributed by atoms with Gasteiger partial charge in [0.05, 0.1) is 22.9 Å². The molecule has 1 aromatic carbocycles. The van der Waals surface area contributed by atoms with Crippen LogP contribution in [-0.4, -0.2) is 14.5 Å². The number of hydrogen-bond donors (Lipinski definition) is 1. The SMILES string of the molecule is Cn1c(-c2ccncc2N)nc2ccccc21. The number of imidazole rings is 1. The maximum atomic E-state index is 5.93. The number of hydrogen-bond acceptors (Lipinski definition) is 3. The number of aromatic nitrogens is 3. The molecule has 0 bridgehead atoms. The summed E-state index contributed by atoms with van der Waals surface area (Å²) < 4.78 is 2.04. The van der Waals surface area contributed by atoms with Crippen molar-refractivity contribution in [3.05, 3.63) is 42.7 Å². The van der Waals surface area contributed by atoms with Crippen LogP contribution in [0.1, 0.15) is 0 Å². The van der Waals surface area contributed by atoms with Crippen LogP contribution in [-0.2, 0) is 7.05 Å². The van der Waals surface area contributed by atoms with Crippen molar-refractivity contribution in [2.75, 3.05) is 5.73 Å². The van der Waals surface area contributed by atoms with Gasteiger partial charge in [0, 0.05) is 18.8 Å². The number of aryl methyl sites for hydroxylation is 1. The Morgan fingerprint density at radius 3 is 2.76 bits per heavy atom. The highest BCUT2D eigenvalue weighted by atomic mass is 15.1. The summed E-state index contributed by atoms with van der Waals surface area (Å²) in [4.78, 5) is 8.59. The number of rotatable bonds is 1. The minimum Gasteiger partial charge on any atom is -0.397 e. The molecule has 4 heteroatoms. The van der Waals surface area contributed by atoms with E-state index in [1.165, 1.54) is 0 Å². The van der Waals surface area contributed by atoms with E-state index in [0.717, 1.165) is 22.4 Å². The van der Waals surface area contributed by atoms with Gasteiger partial charge in [-0.25, -0.2) is 4.98 Å². The molecule has 0 unspecified atom stereocenters. The molecular formula is C13H12N4. The van der Waals surface area contributed by atoms with Crippen LogP contribution in [0.3, 0.4) is 0 Å². The third-order valence-electron chi connectivity index (χ3n) is 2.88. The van der Waals surface area contributed by atoms with Gasteiger partial charge < -0.3 is 10.3 Å². The second-order valence-electron chi connectivity index (χ2n) is 3.95. The second-order valence-corrected chi connectivity index (χ2v) is 3.95. The highest BCUT2D eigenvalue weighted by molar-refractivity contribution is 5.83. The van der Waals surface area contributed by atoms with Crippen molar-refractivity contribution in [2.45, 2.75) is 0 Å². The molecule has 0 spiro atoms. The van der Waals surface area contributed by atoms with Gasteiger partial charge in [0.25, 0.3) is 0 Å². The smallest absolute Gasteiger partial charge is 0.143 e. The topological polar surface area (TPSA) is 56.7 Å². The lowest BCUT2D eigenvalue weighted by molar-refractivity contribution is 0.959. The zero-order chi connectivity index (χ0) is 11.8. The molecule has 0 atom stereocenters. The largest absolute Gasteiger partial charge is 0.397 e. The third kappa shape index (κ3) is 1.45. The summed E-state index contributed by atoms with van der Waals surface area (Å²) in [5.74, 6) is 0.867. The zero-order valence-corrected chi connectivity index (χ0v) is 9.46. The van der Waals surface area contributed by atoms with Gasteiger partial charge in [-0.05, 0) is 18.2 Å². The van der Waals surface area contributed by atoms with E-state index in [2.05, 4.69) is 9.97 Å². The Hall–Kier alpha value is -2.36. The predicted octanol–water partition coefficient (Wildman–Crippen LogP) is 2.22. The molecule has 4 nitrogen and oxygen atoms in total. The fourth-order valence-electron chi connectivity index (χ4n) is 2.00. The van der Waals surface area contributed by atoms with E-state index in [1.54, 1.807) is 12.4 Å². The Labute approximate surface area is 98.7 Å². The molecule has 0 aliphatic carbocycles. The molecule has 2 heterocycles. The van der Waals surface area contributed by atoms with E-state index in [-0.39, 0.29) is 0 Å². The van der Waals surface area contributed by atoms with Gasteiger partial charge in [-0.3, -0.25) is 4.98 Å². The molecule has 0 saturated heterocycles. The van der Waals surface area contributed by atoms with Gasteiger partial charge >= 0.3 is 0 Å². The van der Waals surface area contributed by atoms with Crippen LogP contribution in [0.25, 0.3) is 22.4 Å². The number of nitrogens with zero attached hydrogens (tertiary/aromatic N) is 3. The standard InChI is InChI=1S/C13H12N4/c1-17-12-5-3-2-4-11(12)16-13(17)9-6-7-15-8-10(9)14/h2-8H,14H2,1H3. The van der Waals surface area contributed by atoms with E-state index in [0.29, 0.717) is 5.69 Å². The highest BCUT2D eigenvalue weighted by Gasteiger charge is 2.11. The van der Waals surface area contributed by atoms with Crippen LogP contribution < -0.4 is 5.73 Å². The molecule has 0 fully saturated rings. The molecule has 2 N–H and O–H groups in total. The first-order valence-corrected chi connectivity index (χ1v) is 5.38. The molecule has 84 valence electrons. The van der Waals surface area contributed by atoms with Gasteiger partial charge in [-0.15, -0.1) is 0 Å². The summed E-state index contributed by atoms with van der Waals surface area (Å²) >= 11 is 0. The van der Waals surface area contributed by atoms with Gasteiger partial charge in [0.2, 0.25) is 0 Å². The summed E-state index contributed by atoms with van der Waals surface area (Å²) in [5, 5.41) is 0. The molecule has 0 aliphatic heterocycles. The minimum atomic E-state index is 0.644. The predicted molar refractivity (Wildman–Crippen MR) is 68.4 cm³/mol. The lowest BCUT2D eigenvalue weighted by atomic mass is 10.2. The molecule has 0 radical (unpaired) electrons. The first kappa shape index (κ1) is 9.84. The summed E-state index contributed by atoms with van der Waals surface area (Å²) in [5.41, 5.74) is 9.56. The van der Waals surface area contributed by atoms with Crippen LogP contribution in [0, 0.1) is 0 Å². The average molecular weight is 224 g/mol. The van der Waals surface area contributed by atoms with Crippen LogP contribution in [0.5, 0.6) is 0 Å². The third-order valence-corrected chi connectivity index (χ3v) is 2.88. The quantitative estimate of drug-likeness (QED) is 0.689. The maximum Gasteiger partial charge on any atom is 0.143 e. The van der Waals surface area contributed by atoms with Crippen molar-refractivity contribution in [1.82, 2.24) is 14.5 Å². The number of nitrogen functional groups attached to an aromatic ring is 1. The van der Waals surface area contributed by atoms with E-state index < -0.39 is 0 Å². The number of para-hydroxylation sites is 2. The number of anilines is 1. The molecule has 3 aromatic rings. The van der Waals surface area contributed by atoms with Crippen LogP contribution in [0.15, 0.2) is 42.7 Å². The normalized spacial score (nSPS) is 10.9. The first-order valence-electron chi connectivity index (χ1n) is 5.38. The monoisotopic (exact) mass is 224 g/mol. The molecule has 0 aliphatic rings. The van der Waals surface area contributed by atoms with E-state index in [9.17, 15) is 0 Å². The fraction of sp³-hybridized carbons (Fsp3) is 0.0769. The van der Waals surface area contributed by atoms with Crippen LogP contribution >= 0.6 is 0 Å².